The SMILES string of the molecule is Cc1ccccc1NC(=O)N1CCC[C@@H]1c1nnc(C(=O)Nc2ccc(F)cc2)s1. The predicted octanol–water partition coefficient (Wildman–Crippen LogP) is 4.61. The summed E-state index contributed by atoms with van der Waals surface area (Å²) in [5.41, 5.74) is 2.22. The summed E-state index contributed by atoms with van der Waals surface area (Å²) in [6, 6.07) is 12.7. The van der Waals surface area contributed by atoms with Crippen LogP contribution in [0.25, 0.3) is 0 Å². The monoisotopic (exact) mass is 425 g/mol. The number of hydrogen-bond donors (Lipinski definition) is 2. The van der Waals surface area contributed by atoms with Crippen LogP contribution in [0, 0.1) is 12.7 Å². The summed E-state index contributed by atoms with van der Waals surface area (Å²) in [5.74, 6) is -0.796. The van der Waals surface area contributed by atoms with Gasteiger partial charge < -0.3 is 15.5 Å². The lowest BCUT2D eigenvalue weighted by atomic mass is 10.2. The fraction of sp³-hybridized carbons (Fsp3) is 0.238. The van der Waals surface area contributed by atoms with Crippen molar-refractivity contribution < 1.29 is 14.0 Å². The normalized spacial score (nSPS) is 15.8. The summed E-state index contributed by atoms with van der Waals surface area (Å²) >= 11 is 1.16. The lowest BCUT2D eigenvalue weighted by molar-refractivity contribution is 0.102. The number of hydrogen-bond acceptors (Lipinski definition) is 5. The zero-order valence-electron chi connectivity index (χ0n) is 16.3. The number of aryl methyl sites for hydroxylation is 1. The summed E-state index contributed by atoms with van der Waals surface area (Å²) in [6.07, 6.45) is 1.61. The second kappa shape index (κ2) is 8.58. The first kappa shape index (κ1) is 20.0. The number of urea groups is 1. The van der Waals surface area contributed by atoms with Crippen LogP contribution in [0.4, 0.5) is 20.6 Å². The Bertz CT molecular complexity index is 1070. The molecule has 2 N–H and O–H groups in total. The van der Waals surface area contributed by atoms with Crippen molar-refractivity contribution in [1.82, 2.24) is 15.1 Å². The Balaban J connectivity index is 1.45. The zero-order chi connectivity index (χ0) is 21.1. The Kier molecular flexibility index (Phi) is 5.71. The average Bonchev–Trinajstić information content (AvgIpc) is 3.40. The smallest absolute Gasteiger partial charge is 0.320 e. The van der Waals surface area contributed by atoms with Gasteiger partial charge in [-0.1, -0.05) is 29.5 Å². The first-order chi connectivity index (χ1) is 14.5. The van der Waals surface area contributed by atoms with Crippen LogP contribution in [0.5, 0.6) is 0 Å². The number of nitrogens with one attached hydrogen (secondary N) is 2. The fourth-order valence-corrected chi connectivity index (χ4v) is 4.23. The molecule has 0 saturated carbocycles. The van der Waals surface area contributed by atoms with E-state index in [4.69, 9.17) is 0 Å². The van der Waals surface area contributed by atoms with Crippen LogP contribution in [-0.4, -0.2) is 33.6 Å². The summed E-state index contributed by atoms with van der Waals surface area (Å²) in [5, 5.41) is 14.6. The highest BCUT2D eigenvalue weighted by Crippen LogP contribution is 2.34. The number of benzene rings is 2. The number of halogens is 1. The van der Waals surface area contributed by atoms with Crippen LogP contribution in [0.3, 0.4) is 0 Å². The number of nitrogens with zero attached hydrogens (tertiary/aromatic N) is 3. The molecule has 1 aromatic heterocycles. The maximum Gasteiger partial charge on any atom is 0.322 e. The number of carbonyl (C=O) groups is 2. The molecular formula is C21H20FN5O2S. The van der Waals surface area contributed by atoms with Crippen molar-refractivity contribution in [3.63, 3.8) is 0 Å². The molecule has 1 aliphatic rings. The Morgan fingerprint density at radius 1 is 1.10 bits per heavy atom. The van der Waals surface area contributed by atoms with Crippen molar-refractivity contribution >= 4 is 34.6 Å². The molecule has 3 amide bonds. The molecule has 0 spiro atoms. The van der Waals surface area contributed by atoms with E-state index in [1.165, 1.54) is 24.3 Å². The third kappa shape index (κ3) is 4.30. The summed E-state index contributed by atoms with van der Waals surface area (Å²) in [6.45, 7) is 2.55. The highest BCUT2D eigenvalue weighted by Gasteiger charge is 2.33. The number of para-hydroxylation sites is 1. The molecular weight excluding hydrogens is 405 g/mol. The van der Waals surface area contributed by atoms with Crippen LogP contribution in [0.2, 0.25) is 0 Å². The minimum absolute atomic E-state index is 0.195. The van der Waals surface area contributed by atoms with E-state index in [1.807, 2.05) is 31.2 Å². The molecule has 1 fully saturated rings. The molecule has 0 unspecified atom stereocenters. The quantitative estimate of drug-likeness (QED) is 0.639. The van der Waals surface area contributed by atoms with E-state index in [9.17, 15) is 14.0 Å². The van der Waals surface area contributed by atoms with Gasteiger partial charge in [-0.05, 0) is 55.7 Å². The van der Waals surface area contributed by atoms with Crippen molar-refractivity contribution in [2.24, 2.45) is 0 Å². The average molecular weight is 425 g/mol. The van der Waals surface area contributed by atoms with Crippen LogP contribution < -0.4 is 10.6 Å². The molecule has 2 aromatic carbocycles. The Hall–Kier alpha value is -3.33. The third-order valence-electron chi connectivity index (χ3n) is 4.92. The van der Waals surface area contributed by atoms with E-state index < -0.39 is 5.91 Å². The molecule has 7 nitrogen and oxygen atoms in total. The van der Waals surface area contributed by atoms with Gasteiger partial charge in [-0.25, -0.2) is 9.18 Å². The molecule has 30 heavy (non-hydrogen) atoms. The van der Waals surface area contributed by atoms with E-state index in [-0.39, 0.29) is 22.9 Å². The number of rotatable bonds is 4. The molecule has 1 saturated heterocycles. The maximum atomic E-state index is 13.0. The van der Waals surface area contributed by atoms with Gasteiger partial charge in [-0.2, -0.15) is 0 Å². The van der Waals surface area contributed by atoms with E-state index in [1.54, 1.807) is 4.90 Å². The second-order valence-electron chi connectivity index (χ2n) is 7.00. The number of aromatic nitrogens is 2. The van der Waals surface area contributed by atoms with Crippen molar-refractivity contribution in [3.8, 4) is 0 Å². The van der Waals surface area contributed by atoms with Gasteiger partial charge in [0.15, 0.2) is 0 Å². The minimum Gasteiger partial charge on any atom is -0.320 e. The third-order valence-corrected chi connectivity index (χ3v) is 5.95. The van der Waals surface area contributed by atoms with E-state index in [2.05, 4.69) is 20.8 Å². The Morgan fingerprint density at radius 3 is 2.63 bits per heavy atom. The Labute approximate surface area is 176 Å². The summed E-state index contributed by atoms with van der Waals surface area (Å²) in [4.78, 5) is 27.0. The van der Waals surface area contributed by atoms with E-state index in [0.29, 0.717) is 17.2 Å². The topological polar surface area (TPSA) is 87.2 Å². The molecule has 154 valence electrons. The molecule has 1 aliphatic heterocycles. The van der Waals surface area contributed by atoms with Gasteiger partial charge >= 0.3 is 6.03 Å². The fourth-order valence-electron chi connectivity index (χ4n) is 3.35. The van der Waals surface area contributed by atoms with Crippen molar-refractivity contribution in [1.29, 1.82) is 0 Å². The second-order valence-corrected chi connectivity index (χ2v) is 8.01. The number of carbonyl (C=O) groups excluding carboxylic acids is 2. The molecule has 2 heterocycles. The van der Waals surface area contributed by atoms with Crippen LogP contribution in [-0.2, 0) is 0 Å². The highest BCUT2D eigenvalue weighted by molar-refractivity contribution is 7.13. The molecule has 4 rings (SSSR count). The summed E-state index contributed by atoms with van der Waals surface area (Å²) < 4.78 is 13.0. The van der Waals surface area contributed by atoms with Crippen molar-refractivity contribution in [3.05, 3.63) is 69.9 Å². The van der Waals surface area contributed by atoms with E-state index in [0.717, 1.165) is 35.4 Å². The Morgan fingerprint density at radius 2 is 1.87 bits per heavy atom. The lowest BCUT2D eigenvalue weighted by Crippen LogP contribution is -2.34. The largest absolute Gasteiger partial charge is 0.322 e. The minimum atomic E-state index is -0.417. The van der Waals surface area contributed by atoms with Crippen molar-refractivity contribution in [2.75, 3.05) is 17.2 Å². The van der Waals surface area contributed by atoms with Gasteiger partial charge in [-0.3, -0.25) is 4.79 Å². The van der Waals surface area contributed by atoms with Crippen LogP contribution in [0.15, 0.2) is 48.5 Å². The molecule has 1 atom stereocenters. The molecule has 3 aromatic rings. The lowest BCUT2D eigenvalue weighted by Gasteiger charge is -2.23. The number of likely N-dealkylation sites (tertiary alicyclic amines) is 1. The summed E-state index contributed by atoms with van der Waals surface area (Å²) in [7, 11) is 0. The maximum absolute atomic E-state index is 13.0. The predicted molar refractivity (Wildman–Crippen MR) is 113 cm³/mol. The van der Waals surface area contributed by atoms with Gasteiger partial charge in [0.1, 0.15) is 10.8 Å². The number of amides is 3. The van der Waals surface area contributed by atoms with Crippen LogP contribution in [0.1, 0.15) is 39.3 Å². The molecule has 0 aliphatic carbocycles. The first-order valence-electron chi connectivity index (χ1n) is 9.55. The van der Waals surface area contributed by atoms with Gasteiger partial charge in [-0.15, -0.1) is 10.2 Å². The molecule has 9 heteroatoms. The molecule has 0 bridgehead atoms. The van der Waals surface area contributed by atoms with Gasteiger partial charge in [0.2, 0.25) is 5.01 Å². The van der Waals surface area contributed by atoms with Crippen molar-refractivity contribution in [2.45, 2.75) is 25.8 Å². The van der Waals surface area contributed by atoms with E-state index >= 15 is 0 Å². The van der Waals surface area contributed by atoms with Gasteiger partial charge in [0, 0.05) is 17.9 Å². The zero-order valence-corrected chi connectivity index (χ0v) is 17.1. The highest BCUT2D eigenvalue weighted by atomic mass is 32.1. The van der Waals surface area contributed by atoms with Crippen LogP contribution >= 0.6 is 11.3 Å². The van der Waals surface area contributed by atoms with Gasteiger partial charge in [0.05, 0.1) is 6.04 Å². The first-order valence-corrected chi connectivity index (χ1v) is 10.4. The molecule has 0 radical (unpaired) electrons. The van der Waals surface area contributed by atoms with Gasteiger partial charge in [0.25, 0.3) is 5.91 Å². The number of anilines is 2. The standard InChI is InChI=1S/C21H20FN5O2S/c1-13-5-2-3-6-16(13)24-21(29)27-12-4-7-17(27)19-25-26-20(30-19)18(28)23-15-10-8-14(22)9-11-15/h2-3,5-6,8-11,17H,4,7,12H2,1H3,(H,23,28)(H,24,29)/t17-/m1/s1.